The largest absolute Gasteiger partial charge is 0.452 e. The van der Waals surface area contributed by atoms with E-state index in [0.29, 0.717) is 22.9 Å². The van der Waals surface area contributed by atoms with Gasteiger partial charge in [0.05, 0.1) is 29.0 Å². The first-order valence-electron chi connectivity index (χ1n) is 8.81. The van der Waals surface area contributed by atoms with Crippen molar-refractivity contribution in [2.24, 2.45) is 0 Å². The zero-order valence-corrected chi connectivity index (χ0v) is 16.4. The molecule has 0 bridgehead atoms. The summed E-state index contributed by atoms with van der Waals surface area (Å²) in [5.41, 5.74) is -0.0144. The van der Waals surface area contributed by atoms with E-state index in [9.17, 15) is 22.8 Å². The molecule has 0 radical (unpaired) electrons. The molecule has 0 spiro atoms. The molecule has 28 heavy (non-hydrogen) atoms. The first-order valence-corrected chi connectivity index (χ1v) is 10.6. The van der Waals surface area contributed by atoms with Crippen molar-refractivity contribution < 1.29 is 22.7 Å². The molecule has 1 saturated heterocycles. The zero-order valence-electron chi connectivity index (χ0n) is 15.5. The number of aromatic nitrogens is 2. The molecular weight excluding hydrogens is 386 g/mol. The van der Waals surface area contributed by atoms with Crippen LogP contribution < -0.4 is 5.56 Å². The number of H-pyrrole nitrogens is 1. The molecule has 1 fully saturated rings. The van der Waals surface area contributed by atoms with Gasteiger partial charge in [-0.05, 0) is 19.4 Å². The Balaban J connectivity index is 1.66. The van der Waals surface area contributed by atoms with E-state index in [1.807, 2.05) is 0 Å². The molecule has 1 aromatic heterocycles. The molecular formula is C18H21N3O6S. The highest BCUT2D eigenvalue weighted by Gasteiger charge is 2.35. The SMILES string of the molecule is C[C@@H](OC(=O)Cc1n[nH]c(=O)c2ccccc12)C(=O)N(C)[C@H]1CCS(=O)(=O)C1. The van der Waals surface area contributed by atoms with E-state index in [0.717, 1.165) is 0 Å². The lowest BCUT2D eigenvalue weighted by Crippen LogP contribution is -2.44. The van der Waals surface area contributed by atoms with E-state index in [-0.39, 0.29) is 23.5 Å². The van der Waals surface area contributed by atoms with Crippen LogP contribution in [0.3, 0.4) is 0 Å². The molecule has 1 amide bonds. The molecule has 2 atom stereocenters. The maximum atomic E-state index is 12.5. The number of likely N-dealkylation sites (N-methyl/N-ethyl adjacent to an activating group) is 1. The lowest BCUT2D eigenvalue weighted by molar-refractivity contribution is -0.158. The number of nitrogens with zero attached hydrogens (tertiary/aromatic N) is 2. The summed E-state index contributed by atoms with van der Waals surface area (Å²) in [5.74, 6) is -1.16. The van der Waals surface area contributed by atoms with Crippen molar-refractivity contribution in [2.45, 2.75) is 31.9 Å². The molecule has 150 valence electrons. The van der Waals surface area contributed by atoms with E-state index in [4.69, 9.17) is 4.74 Å². The van der Waals surface area contributed by atoms with Gasteiger partial charge in [-0.25, -0.2) is 13.5 Å². The number of benzene rings is 1. The van der Waals surface area contributed by atoms with Gasteiger partial charge >= 0.3 is 5.97 Å². The Morgan fingerprint density at radius 1 is 1.32 bits per heavy atom. The van der Waals surface area contributed by atoms with E-state index in [2.05, 4.69) is 10.2 Å². The van der Waals surface area contributed by atoms with Gasteiger partial charge in [0.1, 0.15) is 0 Å². The highest BCUT2D eigenvalue weighted by atomic mass is 32.2. The standard InChI is InChI=1S/C18H21N3O6S/c1-11(18(24)21(2)12-7-8-28(25,26)10-12)27-16(22)9-15-13-5-3-4-6-14(13)17(23)20-19-15/h3-6,11-12H,7-10H2,1-2H3,(H,20,23)/t11-,12+/m1/s1. The van der Waals surface area contributed by atoms with Crippen molar-refractivity contribution in [2.75, 3.05) is 18.6 Å². The van der Waals surface area contributed by atoms with Crippen LogP contribution in [0.25, 0.3) is 10.8 Å². The van der Waals surface area contributed by atoms with Crippen LogP contribution in [0, 0.1) is 0 Å². The second kappa shape index (κ2) is 7.70. The Labute approximate surface area is 161 Å². The summed E-state index contributed by atoms with van der Waals surface area (Å²) in [6.45, 7) is 1.44. The number of fused-ring (bicyclic) bond motifs is 1. The number of amides is 1. The fourth-order valence-corrected chi connectivity index (χ4v) is 5.05. The quantitative estimate of drug-likeness (QED) is 0.694. The molecule has 3 rings (SSSR count). The molecule has 10 heteroatoms. The predicted molar refractivity (Wildman–Crippen MR) is 101 cm³/mol. The number of sulfone groups is 1. The summed E-state index contributed by atoms with van der Waals surface area (Å²) in [6, 6.07) is 6.34. The summed E-state index contributed by atoms with van der Waals surface area (Å²) in [7, 11) is -1.62. The van der Waals surface area contributed by atoms with E-state index in [1.54, 1.807) is 24.3 Å². The minimum atomic E-state index is -3.13. The number of carbonyl (C=O) groups excluding carboxylic acids is 2. The van der Waals surface area contributed by atoms with Crippen LogP contribution in [0.5, 0.6) is 0 Å². The van der Waals surface area contributed by atoms with E-state index < -0.39 is 33.9 Å². The van der Waals surface area contributed by atoms with Crippen LogP contribution in [0.2, 0.25) is 0 Å². The topological polar surface area (TPSA) is 126 Å². The number of esters is 1. The third-order valence-electron chi connectivity index (χ3n) is 4.85. The van der Waals surface area contributed by atoms with Gasteiger partial charge in [-0.3, -0.25) is 14.4 Å². The highest BCUT2D eigenvalue weighted by Crippen LogP contribution is 2.18. The Hall–Kier alpha value is -2.75. The molecule has 1 aromatic carbocycles. The first-order chi connectivity index (χ1) is 13.2. The highest BCUT2D eigenvalue weighted by molar-refractivity contribution is 7.91. The Morgan fingerprint density at radius 2 is 2.00 bits per heavy atom. The third kappa shape index (κ3) is 4.22. The van der Waals surface area contributed by atoms with E-state index in [1.165, 1.54) is 18.9 Å². The second-order valence-corrected chi connectivity index (χ2v) is 9.09. The van der Waals surface area contributed by atoms with Crippen molar-refractivity contribution in [3.8, 4) is 0 Å². The van der Waals surface area contributed by atoms with Gasteiger partial charge in [-0.1, -0.05) is 18.2 Å². The summed E-state index contributed by atoms with van der Waals surface area (Å²) < 4.78 is 28.4. The van der Waals surface area contributed by atoms with Crippen LogP contribution in [0.4, 0.5) is 0 Å². The number of aromatic amines is 1. The number of carbonyl (C=O) groups is 2. The van der Waals surface area contributed by atoms with Gasteiger partial charge in [0, 0.05) is 18.5 Å². The van der Waals surface area contributed by atoms with Gasteiger partial charge in [0.25, 0.3) is 11.5 Å². The van der Waals surface area contributed by atoms with Crippen molar-refractivity contribution >= 4 is 32.5 Å². The monoisotopic (exact) mass is 407 g/mol. The maximum absolute atomic E-state index is 12.5. The molecule has 0 unspecified atom stereocenters. The van der Waals surface area contributed by atoms with Gasteiger partial charge in [0.2, 0.25) is 0 Å². The minimum Gasteiger partial charge on any atom is -0.452 e. The summed E-state index contributed by atoms with van der Waals surface area (Å²) in [4.78, 5) is 37.9. The van der Waals surface area contributed by atoms with E-state index >= 15 is 0 Å². The number of hydrogen-bond acceptors (Lipinski definition) is 7. The minimum absolute atomic E-state index is 0.0500. The molecule has 0 saturated carbocycles. The van der Waals surface area contributed by atoms with Gasteiger partial charge in [-0.15, -0.1) is 0 Å². The Kier molecular flexibility index (Phi) is 5.50. The predicted octanol–water partition coefficient (Wildman–Crippen LogP) is 0.0428. The van der Waals surface area contributed by atoms with Gasteiger partial charge in [0.15, 0.2) is 15.9 Å². The number of rotatable bonds is 5. The Morgan fingerprint density at radius 3 is 2.64 bits per heavy atom. The lowest BCUT2D eigenvalue weighted by atomic mass is 10.1. The van der Waals surface area contributed by atoms with Crippen molar-refractivity contribution in [1.29, 1.82) is 0 Å². The van der Waals surface area contributed by atoms with Crippen molar-refractivity contribution in [3.63, 3.8) is 0 Å². The van der Waals surface area contributed by atoms with Gasteiger partial charge in [-0.2, -0.15) is 5.10 Å². The lowest BCUT2D eigenvalue weighted by Gasteiger charge is -2.26. The van der Waals surface area contributed by atoms with Gasteiger partial charge < -0.3 is 9.64 Å². The fourth-order valence-electron chi connectivity index (χ4n) is 3.28. The fraction of sp³-hybridized carbons (Fsp3) is 0.444. The normalized spacial score (nSPS) is 19.3. The van der Waals surface area contributed by atoms with Crippen LogP contribution in [-0.2, 0) is 30.6 Å². The Bertz CT molecular complexity index is 1080. The molecule has 1 aliphatic rings. The number of nitrogens with one attached hydrogen (secondary N) is 1. The average molecular weight is 407 g/mol. The number of hydrogen-bond donors (Lipinski definition) is 1. The maximum Gasteiger partial charge on any atom is 0.312 e. The van der Waals surface area contributed by atoms with Crippen LogP contribution in [-0.4, -0.2) is 66.1 Å². The summed E-state index contributed by atoms with van der Waals surface area (Å²) in [5, 5.41) is 7.20. The molecule has 9 nitrogen and oxygen atoms in total. The molecule has 1 N–H and O–H groups in total. The van der Waals surface area contributed by atoms with Crippen molar-refractivity contribution in [1.82, 2.24) is 15.1 Å². The molecule has 0 aliphatic carbocycles. The van der Waals surface area contributed by atoms with Crippen LogP contribution in [0.15, 0.2) is 29.1 Å². The summed E-state index contributed by atoms with van der Waals surface area (Å²) >= 11 is 0. The zero-order chi connectivity index (χ0) is 20.5. The molecule has 1 aliphatic heterocycles. The number of ether oxygens (including phenoxy) is 1. The van der Waals surface area contributed by atoms with Crippen LogP contribution >= 0.6 is 0 Å². The molecule has 2 heterocycles. The summed E-state index contributed by atoms with van der Waals surface area (Å²) in [6.07, 6.45) is -0.899. The van der Waals surface area contributed by atoms with Crippen molar-refractivity contribution in [3.05, 3.63) is 40.3 Å². The average Bonchev–Trinajstić information content (AvgIpc) is 3.02. The first kappa shape index (κ1) is 20.0. The smallest absolute Gasteiger partial charge is 0.312 e. The third-order valence-corrected chi connectivity index (χ3v) is 6.60. The second-order valence-electron chi connectivity index (χ2n) is 6.86. The molecule has 2 aromatic rings. The van der Waals surface area contributed by atoms with Crippen LogP contribution in [0.1, 0.15) is 19.0 Å².